The SMILES string of the molecule is O=C(Nc1ccccc1)OCCN1C(=O)C[C@H]2Sc3ccccc3N=C21. The van der Waals surface area contributed by atoms with Crippen LogP contribution in [0.15, 0.2) is 64.5 Å². The summed E-state index contributed by atoms with van der Waals surface area (Å²) < 4.78 is 5.20. The Hall–Kier alpha value is -2.80. The number of nitrogens with one attached hydrogen (secondary N) is 1. The molecule has 1 N–H and O–H groups in total. The van der Waals surface area contributed by atoms with Gasteiger partial charge in [-0.1, -0.05) is 30.3 Å². The first kappa shape index (κ1) is 16.7. The number of ether oxygens (including phenoxy) is 1. The zero-order valence-corrected chi connectivity index (χ0v) is 14.7. The summed E-state index contributed by atoms with van der Waals surface area (Å²) in [4.78, 5) is 31.5. The van der Waals surface area contributed by atoms with Crippen LogP contribution in [0.2, 0.25) is 0 Å². The number of hydrogen-bond donors (Lipinski definition) is 1. The van der Waals surface area contributed by atoms with Crippen LogP contribution < -0.4 is 5.32 Å². The summed E-state index contributed by atoms with van der Waals surface area (Å²) in [6.45, 7) is 0.418. The molecule has 0 saturated carbocycles. The zero-order chi connectivity index (χ0) is 17.9. The van der Waals surface area contributed by atoms with E-state index in [9.17, 15) is 9.59 Å². The third-order valence-corrected chi connectivity index (χ3v) is 5.42. The number of para-hydroxylation sites is 2. The minimum Gasteiger partial charge on any atom is -0.447 e. The van der Waals surface area contributed by atoms with E-state index < -0.39 is 6.09 Å². The number of anilines is 1. The molecule has 6 nitrogen and oxygen atoms in total. The first-order valence-electron chi connectivity index (χ1n) is 8.34. The molecular weight excluding hydrogens is 350 g/mol. The van der Waals surface area contributed by atoms with Crippen LogP contribution in [-0.2, 0) is 9.53 Å². The number of nitrogens with zero attached hydrogens (tertiary/aromatic N) is 2. The monoisotopic (exact) mass is 367 g/mol. The van der Waals surface area contributed by atoms with Gasteiger partial charge in [0.25, 0.3) is 0 Å². The van der Waals surface area contributed by atoms with Crippen LogP contribution in [0.4, 0.5) is 16.2 Å². The lowest BCUT2D eigenvalue weighted by Crippen LogP contribution is -2.35. The van der Waals surface area contributed by atoms with Crippen molar-refractivity contribution in [2.45, 2.75) is 16.6 Å². The van der Waals surface area contributed by atoms with Gasteiger partial charge >= 0.3 is 6.09 Å². The molecule has 1 saturated heterocycles. The van der Waals surface area contributed by atoms with Crippen LogP contribution in [0.1, 0.15) is 6.42 Å². The Balaban J connectivity index is 1.37. The van der Waals surface area contributed by atoms with E-state index in [2.05, 4.69) is 10.3 Å². The standard InChI is InChI=1S/C19H17N3O3S/c23-17-12-16-18(21-14-8-4-5-9-15(14)26-16)22(17)10-11-25-19(24)20-13-6-2-1-3-7-13/h1-9,16H,10-12H2,(H,20,24)/t16-/m1/s1. The second-order valence-corrected chi connectivity index (χ2v) is 7.17. The van der Waals surface area contributed by atoms with Gasteiger partial charge in [0, 0.05) is 17.0 Å². The molecule has 4 rings (SSSR count). The molecule has 2 aromatic rings. The van der Waals surface area contributed by atoms with Crippen LogP contribution in [-0.4, -0.2) is 41.1 Å². The molecule has 0 unspecified atom stereocenters. The maximum atomic E-state index is 12.3. The molecule has 1 atom stereocenters. The summed E-state index contributed by atoms with van der Waals surface area (Å²) in [5.74, 6) is 0.770. The van der Waals surface area contributed by atoms with Crippen molar-refractivity contribution in [2.75, 3.05) is 18.5 Å². The molecule has 7 heteroatoms. The van der Waals surface area contributed by atoms with Gasteiger partial charge in [-0.3, -0.25) is 15.0 Å². The van der Waals surface area contributed by atoms with Crippen LogP contribution in [0.3, 0.4) is 0 Å². The van der Waals surface area contributed by atoms with E-state index in [0.29, 0.717) is 18.7 Å². The first-order chi connectivity index (χ1) is 12.7. The highest BCUT2D eigenvalue weighted by molar-refractivity contribution is 8.01. The minimum atomic E-state index is -0.537. The Bertz CT molecular complexity index is 869. The summed E-state index contributed by atoms with van der Waals surface area (Å²) in [6.07, 6.45) is -0.113. The van der Waals surface area contributed by atoms with Crippen molar-refractivity contribution in [3.05, 3.63) is 54.6 Å². The fourth-order valence-electron chi connectivity index (χ4n) is 2.96. The molecule has 132 valence electrons. The molecule has 26 heavy (non-hydrogen) atoms. The molecule has 0 aliphatic carbocycles. The maximum Gasteiger partial charge on any atom is 0.411 e. The number of likely N-dealkylation sites (tertiary alicyclic amines) is 1. The van der Waals surface area contributed by atoms with Crippen molar-refractivity contribution in [3.8, 4) is 0 Å². The molecule has 2 aliphatic heterocycles. The van der Waals surface area contributed by atoms with Crippen LogP contribution >= 0.6 is 11.8 Å². The van der Waals surface area contributed by atoms with Crippen molar-refractivity contribution >= 4 is 41.0 Å². The predicted molar refractivity (Wildman–Crippen MR) is 101 cm³/mol. The van der Waals surface area contributed by atoms with Crippen LogP contribution in [0, 0.1) is 0 Å². The molecule has 2 aromatic carbocycles. The van der Waals surface area contributed by atoms with E-state index in [0.717, 1.165) is 16.4 Å². The second kappa shape index (κ2) is 7.21. The quantitative estimate of drug-likeness (QED) is 0.895. The number of amides is 2. The van der Waals surface area contributed by atoms with E-state index in [1.54, 1.807) is 28.8 Å². The maximum absolute atomic E-state index is 12.3. The second-order valence-electron chi connectivity index (χ2n) is 5.92. The third kappa shape index (κ3) is 3.43. The Kier molecular flexibility index (Phi) is 4.62. The Morgan fingerprint density at radius 3 is 2.81 bits per heavy atom. The van der Waals surface area contributed by atoms with Gasteiger partial charge in [-0.2, -0.15) is 0 Å². The summed E-state index contributed by atoms with van der Waals surface area (Å²) >= 11 is 1.66. The van der Waals surface area contributed by atoms with Gasteiger partial charge in [-0.25, -0.2) is 9.79 Å². The summed E-state index contributed by atoms with van der Waals surface area (Å²) in [5.41, 5.74) is 1.55. The molecule has 0 spiro atoms. The Labute approximate surface area is 155 Å². The highest BCUT2D eigenvalue weighted by Gasteiger charge is 2.39. The number of rotatable bonds is 4. The largest absolute Gasteiger partial charge is 0.447 e. The first-order valence-corrected chi connectivity index (χ1v) is 9.22. The molecule has 0 bridgehead atoms. The smallest absolute Gasteiger partial charge is 0.411 e. The van der Waals surface area contributed by atoms with Gasteiger partial charge in [-0.15, -0.1) is 11.8 Å². The lowest BCUT2D eigenvalue weighted by molar-refractivity contribution is -0.125. The van der Waals surface area contributed by atoms with Gasteiger partial charge < -0.3 is 4.74 Å². The number of benzene rings is 2. The van der Waals surface area contributed by atoms with E-state index in [-0.39, 0.29) is 17.8 Å². The predicted octanol–water partition coefficient (Wildman–Crippen LogP) is 3.67. The molecule has 2 aliphatic rings. The summed E-state index contributed by atoms with van der Waals surface area (Å²) in [5, 5.41) is 2.69. The zero-order valence-electron chi connectivity index (χ0n) is 13.9. The average molecular weight is 367 g/mol. The van der Waals surface area contributed by atoms with Gasteiger partial charge in [0.1, 0.15) is 12.4 Å². The molecular formula is C19H17N3O3S. The number of aliphatic imine (C=N–C) groups is 1. The third-order valence-electron chi connectivity index (χ3n) is 4.16. The van der Waals surface area contributed by atoms with E-state index in [1.807, 2.05) is 42.5 Å². The number of thioether (sulfide) groups is 1. The molecule has 0 radical (unpaired) electrons. The fourth-order valence-corrected chi connectivity index (χ4v) is 4.17. The van der Waals surface area contributed by atoms with Crippen molar-refractivity contribution < 1.29 is 14.3 Å². The molecule has 0 aromatic heterocycles. The number of amidine groups is 1. The van der Waals surface area contributed by atoms with E-state index >= 15 is 0 Å². The number of carbonyl (C=O) groups excluding carboxylic acids is 2. The normalized spacial score (nSPS) is 18.0. The molecule has 2 heterocycles. The summed E-state index contributed by atoms with van der Waals surface area (Å²) in [7, 11) is 0. The topological polar surface area (TPSA) is 71.0 Å². The lowest BCUT2D eigenvalue weighted by atomic mass is 10.3. The average Bonchev–Trinajstić information content (AvgIpc) is 2.95. The van der Waals surface area contributed by atoms with Crippen molar-refractivity contribution in [2.24, 2.45) is 4.99 Å². The van der Waals surface area contributed by atoms with Gasteiger partial charge in [-0.05, 0) is 24.3 Å². The minimum absolute atomic E-state index is 0.0149. The van der Waals surface area contributed by atoms with Gasteiger partial charge in [0.2, 0.25) is 5.91 Å². The van der Waals surface area contributed by atoms with Crippen LogP contribution in [0.5, 0.6) is 0 Å². The molecule has 1 fully saturated rings. The number of hydrogen-bond acceptors (Lipinski definition) is 5. The molecule has 2 amide bonds. The lowest BCUT2D eigenvalue weighted by Gasteiger charge is -2.23. The Morgan fingerprint density at radius 2 is 1.96 bits per heavy atom. The van der Waals surface area contributed by atoms with Crippen molar-refractivity contribution in [3.63, 3.8) is 0 Å². The van der Waals surface area contributed by atoms with E-state index in [4.69, 9.17) is 4.74 Å². The van der Waals surface area contributed by atoms with Gasteiger partial charge in [0.15, 0.2) is 0 Å². The highest BCUT2D eigenvalue weighted by Crippen LogP contribution is 2.42. The van der Waals surface area contributed by atoms with Gasteiger partial charge in [0.05, 0.1) is 17.5 Å². The Morgan fingerprint density at radius 1 is 1.19 bits per heavy atom. The summed E-state index contributed by atoms with van der Waals surface area (Å²) in [6, 6.07) is 16.9. The highest BCUT2D eigenvalue weighted by atomic mass is 32.2. The fraction of sp³-hybridized carbons (Fsp3) is 0.211. The van der Waals surface area contributed by atoms with E-state index in [1.165, 1.54) is 0 Å². The van der Waals surface area contributed by atoms with Crippen molar-refractivity contribution in [1.82, 2.24) is 4.90 Å². The van der Waals surface area contributed by atoms with Crippen LogP contribution in [0.25, 0.3) is 0 Å². The van der Waals surface area contributed by atoms with Crippen molar-refractivity contribution in [1.29, 1.82) is 0 Å². The number of carbonyl (C=O) groups is 2. The number of fused-ring (bicyclic) bond motifs is 2.